The third-order valence-electron chi connectivity index (χ3n) is 15.2. The lowest BCUT2D eigenvalue weighted by Crippen LogP contribution is -2.50. The van der Waals surface area contributed by atoms with Gasteiger partial charge in [-0.1, -0.05) is 310 Å². The van der Waals surface area contributed by atoms with E-state index in [9.17, 15) is 0 Å². The summed E-state index contributed by atoms with van der Waals surface area (Å²) in [4.78, 5) is 0. The number of nitrogens with two attached hydrogens (primary N) is 1. The first-order chi connectivity index (χ1) is 32.3. The lowest BCUT2D eigenvalue weighted by atomic mass is 9.83. The van der Waals surface area contributed by atoms with Gasteiger partial charge in [-0.25, -0.2) is 0 Å². The minimum absolute atomic E-state index is 0.0521. The summed E-state index contributed by atoms with van der Waals surface area (Å²) in [6, 6.07) is 0. The largest absolute Gasteiger partial charge is 0.375 e. The standard InChI is InChI=1S/C61H123NO3/c1-4-7-10-13-16-19-22-25-28-31-34-37-40-43-46-49-52-63-59-55-58(57-62)56-60(64-53-50-47-44-41-38-35-32-29-26-23-20-17-14-11-8-5-2)61(59)65-54-51-48-45-42-39-36-33-30-27-24-21-18-15-12-9-6-3/h58-61H,4-57,62H2,1-3H3. The molecule has 2 atom stereocenters. The fraction of sp³-hybridized carbons (Fsp3) is 1.00. The van der Waals surface area contributed by atoms with Crippen molar-refractivity contribution in [2.24, 2.45) is 11.7 Å². The van der Waals surface area contributed by atoms with Crippen LogP contribution in [0.5, 0.6) is 0 Å². The van der Waals surface area contributed by atoms with Crippen LogP contribution < -0.4 is 5.73 Å². The van der Waals surface area contributed by atoms with Crippen LogP contribution in [0.2, 0.25) is 0 Å². The van der Waals surface area contributed by atoms with Gasteiger partial charge in [-0.2, -0.15) is 0 Å². The van der Waals surface area contributed by atoms with Crippen molar-refractivity contribution in [2.75, 3.05) is 26.4 Å². The van der Waals surface area contributed by atoms with Crippen molar-refractivity contribution in [3.05, 3.63) is 0 Å². The van der Waals surface area contributed by atoms with Crippen LogP contribution >= 0.6 is 0 Å². The molecule has 2 N–H and O–H groups in total. The molecule has 1 saturated carbocycles. The van der Waals surface area contributed by atoms with Gasteiger partial charge in [0.1, 0.15) is 6.10 Å². The molecule has 0 spiro atoms. The molecule has 0 radical (unpaired) electrons. The molecule has 4 nitrogen and oxygen atoms in total. The van der Waals surface area contributed by atoms with E-state index in [1.807, 2.05) is 0 Å². The normalized spacial score (nSPS) is 17.7. The topological polar surface area (TPSA) is 53.7 Å². The summed E-state index contributed by atoms with van der Waals surface area (Å²) in [6.07, 6.45) is 69.5. The molecule has 0 heterocycles. The molecule has 0 bridgehead atoms. The third kappa shape index (κ3) is 43.6. The van der Waals surface area contributed by atoms with Crippen molar-refractivity contribution in [3.63, 3.8) is 0 Å². The molecule has 0 aromatic carbocycles. The summed E-state index contributed by atoms with van der Waals surface area (Å²) in [6.45, 7) is 10.2. The Bertz CT molecular complexity index is 820. The van der Waals surface area contributed by atoms with Gasteiger partial charge in [0.15, 0.2) is 0 Å². The van der Waals surface area contributed by atoms with E-state index in [0.29, 0.717) is 5.92 Å². The van der Waals surface area contributed by atoms with Gasteiger partial charge in [0.25, 0.3) is 0 Å². The van der Waals surface area contributed by atoms with E-state index in [1.54, 1.807) is 0 Å². The predicted octanol–water partition coefficient (Wildman–Crippen LogP) is 20.3. The molecule has 65 heavy (non-hydrogen) atoms. The second kappa shape index (κ2) is 53.2. The van der Waals surface area contributed by atoms with Crippen LogP contribution in [-0.2, 0) is 14.2 Å². The molecular formula is C61H123NO3. The molecular weight excluding hydrogens is 795 g/mol. The average Bonchev–Trinajstić information content (AvgIpc) is 3.32. The molecule has 0 aliphatic heterocycles. The van der Waals surface area contributed by atoms with Crippen LogP contribution in [-0.4, -0.2) is 44.7 Å². The molecule has 1 fully saturated rings. The summed E-state index contributed by atoms with van der Waals surface area (Å²) in [5, 5.41) is 0. The molecule has 0 amide bonds. The molecule has 0 aromatic heterocycles. The Kier molecular flexibility index (Phi) is 51.4. The maximum Gasteiger partial charge on any atom is 0.110 e. The lowest BCUT2D eigenvalue weighted by molar-refractivity contribution is -0.169. The Morgan fingerprint density at radius 3 is 0.646 bits per heavy atom. The second-order valence-electron chi connectivity index (χ2n) is 21.6. The fourth-order valence-corrected chi connectivity index (χ4v) is 10.6. The van der Waals surface area contributed by atoms with E-state index in [2.05, 4.69) is 20.8 Å². The maximum absolute atomic E-state index is 6.80. The zero-order valence-electron chi connectivity index (χ0n) is 45.3. The van der Waals surface area contributed by atoms with Crippen LogP contribution in [0.1, 0.15) is 342 Å². The van der Waals surface area contributed by atoms with Gasteiger partial charge in [0, 0.05) is 19.8 Å². The van der Waals surface area contributed by atoms with Crippen molar-refractivity contribution in [2.45, 2.75) is 360 Å². The van der Waals surface area contributed by atoms with Gasteiger partial charge < -0.3 is 19.9 Å². The molecule has 1 aliphatic rings. The molecule has 4 heteroatoms. The summed E-state index contributed by atoms with van der Waals surface area (Å²) in [5.74, 6) is 0.469. The van der Waals surface area contributed by atoms with Crippen LogP contribution in [0.4, 0.5) is 0 Å². The highest BCUT2D eigenvalue weighted by molar-refractivity contribution is 4.90. The first kappa shape index (κ1) is 62.9. The van der Waals surface area contributed by atoms with Crippen LogP contribution in [0.25, 0.3) is 0 Å². The quantitative estimate of drug-likeness (QED) is 0.0618. The highest BCUT2D eigenvalue weighted by Gasteiger charge is 2.39. The minimum Gasteiger partial charge on any atom is -0.375 e. The molecule has 1 aliphatic carbocycles. The molecule has 2 unspecified atom stereocenters. The molecule has 1 rings (SSSR count). The SMILES string of the molecule is CCCCCCCCCCCCCCCCCCOC1CC(CN)CC(OCCCCCCCCCCCCCCCCCC)C1OCCCCCCCCCCCCCCCCCC. The predicted molar refractivity (Wildman–Crippen MR) is 290 cm³/mol. The zero-order chi connectivity index (χ0) is 46.6. The summed E-state index contributed by atoms with van der Waals surface area (Å²) >= 11 is 0. The van der Waals surface area contributed by atoms with Crippen molar-refractivity contribution < 1.29 is 14.2 Å². The Labute approximate surface area is 410 Å². The van der Waals surface area contributed by atoms with Crippen LogP contribution in [0.3, 0.4) is 0 Å². The molecule has 0 aromatic rings. The first-order valence-electron chi connectivity index (χ1n) is 30.8. The second-order valence-corrected chi connectivity index (χ2v) is 21.6. The van der Waals surface area contributed by atoms with Crippen molar-refractivity contribution in [1.29, 1.82) is 0 Å². The Balaban J connectivity index is 2.34. The number of unbranched alkanes of at least 4 members (excludes halogenated alkanes) is 45. The average molecular weight is 919 g/mol. The smallest absolute Gasteiger partial charge is 0.110 e. The number of hydrogen-bond acceptors (Lipinski definition) is 4. The van der Waals surface area contributed by atoms with E-state index in [4.69, 9.17) is 19.9 Å². The van der Waals surface area contributed by atoms with Crippen molar-refractivity contribution in [1.82, 2.24) is 0 Å². The summed E-state index contributed by atoms with van der Waals surface area (Å²) < 4.78 is 20.3. The Morgan fingerprint density at radius 1 is 0.262 bits per heavy atom. The van der Waals surface area contributed by atoms with Crippen molar-refractivity contribution in [3.8, 4) is 0 Å². The number of rotatable bonds is 55. The third-order valence-corrected chi connectivity index (χ3v) is 15.2. The van der Waals surface area contributed by atoms with E-state index in [0.717, 1.165) is 45.6 Å². The maximum atomic E-state index is 6.80. The van der Waals surface area contributed by atoms with Gasteiger partial charge in [-0.15, -0.1) is 0 Å². The summed E-state index contributed by atoms with van der Waals surface area (Å²) in [7, 11) is 0. The van der Waals surface area contributed by atoms with E-state index in [-0.39, 0.29) is 18.3 Å². The van der Waals surface area contributed by atoms with Gasteiger partial charge in [0.2, 0.25) is 0 Å². The van der Waals surface area contributed by atoms with Gasteiger partial charge >= 0.3 is 0 Å². The highest BCUT2D eigenvalue weighted by atomic mass is 16.6. The fourth-order valence-electron chi connectivity index (χ4n) is 10.6. The van der Waals surface area contributed by atoms with Gasteiger partial charge in [-0.3, -0.25) is 0 Å². The van der Waals surface area contributed by atoms with Crippen molar-refractivity contribution >= 4 is 0 Å². The van der Waals surface area contributed by atoms with Crippen LogP contribution in [0, 0.1) is 5.92 Å². The van der Waals surface area contributed by atoms with E-state index in [1.165, 1.54) is 302 Å². The number of ether oxygens (including phenoxy) is 3. The minimum atomic E-state index is 0.0521. The zero-order valence-corrected chi connectivity index (χ0v) is 45.3. The Morgan fingerprint density at radius 2 is 0.446 bits per heavy atom. The van der Waals surface area contributed by atoms with E-state index >= 15 is 0 Å². The first-order valence-corrected chi connectivity index (χ1v) is 30.8. The lowest BCUT2D eigenvalue weighted by Gasteiger charge is -2.41. The molecule has 0 saturated heterocycles. The highest BCUT2D eigenvalue weighted by Crippen LogP contribution is 2.32. The van der Waals surface area contributed by atoms with Crippen LogP contribution in [0.15, 0.2) is 0 Å². The monoisotopic (exact) mass is 918 g/mol. The van der Waals surface area contributed by atoms with Gasteiger partial charge in [0.05, 0.1) is 12.2 Å². The number of hydrogen-bond donors (Lipinski definition) is 1. The Hall–Kier alpha value is -0.160. The molecule has 390 valence electrons. The van der Waals surface area contributed by atoms with Gasteiger partial charge in [-0.05, 0) is 44.6 Å². The summed E-state index contributed by atoms with van der Waals surface area (Å²) in [5.41, 5.74) is 6.36. The van der Waals surface area contributed by atoms with E-state index < -0.39 is 0 Å².